The molecule has 2 aliphatic rings. The highest BCUT2D eigenvalue weighted by atomic mass is 16.5. The van der Waals surface area contributed by atoms with E-state index in [1.807, 2.05) is 53.4 Å². The monoisotopic (exact) mass is 401 g/mol. The summed E-state index contributed by atoms with van der Waals surface area (Å²) in [7, 11) is 0. The van der Waals surface area contributed by atoms with E-state index in [1.165, 1.54) is 0 Å². The van der Waals surface area contributed by atoms with Gasteiger partial charge in [0.15, 0.2) is 5.78 Å². The van der Waals surface area contributed by atoms with Crippen LogP contribution in [0.15, 0.2) is 60.9 Å². The summed E-state index contributed by atoms with van der Waals surface area (Å²) in [6.07, 6.45) is 6.00. The molecular formula is C24H23N3O3. The van der Waals surface area contributed by atoms with Crippen LogP contribution in [-0.2, 0) is 0 Å². The van der Waals surface area contributed by atoms with E-state index in [2.05, 4.69) is 9.97 Å². The number of carbonyl (C=O) groups excluding carboxylic acids is 2. The molecule has 1 unspecified atom stereocenters. The second-order valence-corrected chi connectivity index (χ2v) is 8.01. The van der Waals surface area contributed by atoms with E-state index in [0.29, 0.717) is 48.6 Å². The van der Waals surface area contributed by atoms with Crippen LogP contribution in [0.25, 0.3) is 11.4 Å². The molecule has 1 amide bonds. The molecule has 0 saturated carbocycles. The highest BCUT2D eigenvalue weighted by molar-refractivity contribution is 6.01. The van der Waals surface area contributed by atoms with Crippen molar-refractivity contribution >= 4 is 11.7 Å². The zero-order chi connectivity index (χ0) is 20.6. The average molecular weight is 401 g/mol. The molecule has 152 valence electrons. The maximum Gasteiger partial charge on any atom is 0.254 e. The largest absolute Gasteiger partial charge is 0.486 e. The first-order valence-electron chi connectivity index (χ1n) is 10.3. The minimum atomic E-state index is -0.527. The van der Waals surface area contributed by atoms with Gasteiger partial charge < -0.3 is 14.6 Å². The van der Waals surface area contributed by atoms with Crippen LogP contribution in [0, 0.1) is 0 Å². The van der Waals surface area contributed by atoms with Crippen molar-refractivity contribution in [2.24, 2.45) is 0 Å². The van der Waals surface area contributed by atoms with Gasteiger partial charge in [0.1, 0.15) is 17.2 Å². The lowest BCUT2D eigenvalue weighted by molar-refractivity contribution is 0.0300. The standard InChI is InChI=1S/C24H23N3O3/c28-20-16-24(30-21-9-4-3-8-19(20)21)10-5-14-27(15-11-24)23(29)18-7-2-1-6-17(18)22-25-12-13-26-22/h1-4,6-9,12-13H,5,10-11,14-16H2,(H,25,26). The van der Waals surface area contributed by atoms with Crippen LogP contribution in [0.5, 0.6) is 5.75 Å². The van der Waals surface area contributed by atoms with Crippen LogP contribution in [0.1, 0.15) is 46.4 Å². The van der Waals surface area contributed by atoms with E-state index < -0.39 is 5.60 Å². The SMILES string of the molecule is O=C1CC2(CCCN(C(=O)c3ccccc3-c3ncc[nH]3)CC2)Oc2ccccc21. The summed E-state index contributed by atoms with van der Waals surface area (Å²) in [4.78, 5) is 35.4. The van der Waals surface area contributed by atoms with Crippen LogP contribution < -0.4 is 4.74 Å². The number of fused-ring (bicyclic) bond motifs is 1. The number of hydrogen-bond acceptors (Lipinski definition) is 4. The summed E-state index contributed by atoms with van der Waals surface area (Å²) < 4.78 is 6.35. The minimum absolute atomic E-state index is 0.0124. The zero-order valence-corrected chi connectivity index (χ0v) is 16.6. The van der Waals surface area contributed by atoms with E-state index in [9.17, 15) is 9.59 Å². The third kappa shape index (κ3) is 3.28. The Balaban J connectivity index is 1.37. The molecule has 3 aromatic rings. The number of carbonyl (C=O) groups is 2. The van der Waals surface area contributed by atoms with Crippen molar-refractivity contribution < 1.29 is 14.3 Å². The van der Waals surface area contributed by atoms with E-state index in [0.717, 1.165) is 18.4 Å². The first-order chi connectivity index (χ1) is 14.7. The van der Waals surface area contributed by atoms with E-state index in [-0.39, 0.29) is 11.7 Å². The topological polar surface area (TPSA) is 75.3 Å². The highest BCUT2D eigenvalue weighted by Crippen LogP contribution is 2.39. The minimum Gasteiger partial charge on any atom is -0.486 e. The smallest absolute Gasteiger partial charge is 0.254 e. The second-order valence-electron chi connectivity index (χ2n) is 8.01. The van der Waals surface area contributed by atoms with Gasteiger partial charge in [-0.25, -0.2) is 4.98 Å². The number of H-pyrrole nitrogens is 1. The molecule has 3 heterocycles. The molecule has 6 heteroatoms. The molecule has 1 spiro atoms. The summed E-state index contributed by atoms with van der Waals surface area (Å²) in [5, 5.41) is 0. The van der Waals surface area contributed by atoms with Crippen molar-refractivity contribution in [2.75, 3.05) is 13.1 Å². The Labute approximate surface area is 174 Å². The van der Waals surface area contributed by atoms with Gasteiger partial charge in [-0.15, -0.1) is 0 Å². The van der Waals surface area contributed by atoms with Gasteiger partial charge in [-0.3, -0.25) is 9.59 Å². The van der Waals surface area contributed by atoms with Crippen molar-refractivity contribution in [3.05, 3.63) is 72.1 Å². The molecule has 1 saturated heterocycles. The number of ketones is 1. The number of imidazole rings is 1. The van der Waals surface area contributed by atoms with Gasteiger partial charge in [-0.1, -0.05) is 30.3 Å². The quantitative estimate of drug-likeness (QED) is 0.701. The molecule has 2 aromatic carbocycles. The van der Waals surface area contributed by atoms with Crippen molar-refractivity contribution in [1.82, 2.24) is 14.9 Å². The van der Waals surface area contributed by atoms with Crippen LogP contribution in [0.3, 0.4) is 0 Å². The number of benzene rings is 2. The number of para-hydroxylation sites is 1. The van der Waals surface area contributed by atoms with Crippen molar-refractivity contribution in [1.29, 1.82) is 0 Å². The first kappa shape index (κ1) is 18.6. The number of aromatic amines is 1. The van der Waals surface area contributed by atoms with E-state index in [1.54, 1.807) is 12.4 Å². The van der Waals surface area contributed by atoms with Crippen molar-refractivity contribution in [3.8, 4) is 17.1 Å². The van der Waals surface area contributed by atoms with Gasteiger partial charge in [0.2, 0.25) is 0 Å². The molecule has 5 rings (SSSR count). The number of nitrogens with one attached hydrogen (secondary N) is 1. The maximum absolute atomic E-state index is 13.4. The van der Waals surface area contributed by atoms with Gasteiger partial charge in [-0.2, -0.15) is 0 Å². The molecule has 1 atom stereocenters. The molecule has 0 bridgehead atoms. The molecule has 1 fully saturated rings. The summed E-state index contributed by atoms with van der Waals surface area (Å²) in [6, 6.07) is 15.0. The fraction of sp³-hybridized carbons (Fsp3) is 0.292. The number of ether oxygens (including phenoxy) is 1. The van der Waals surface area contributed by atoms with Crippen molar-refractivity contribution in [3.63, 3.8) is 0 Å². The van der Waals surface area contributed by atoms with Gasteiger partial charge in [0.25, 0.3) is 5.91 Å². The summed E-state index contributed by atoms with van der Waals surface area (Å²) in [5.41, 5.74) is 1.56. The molecule has 1 aromatic heterocycles. The highest BCUT2D eigenvalue weighted by Gasteiger charge is 2.42. The Hall–Kier alpha value is -3.41. The lowest BCUT2D eigenvalue weighted by atomic mass is 9.84. The van der Waals surface area contributed by atoms with Crippen LogP contribution >= 0.6 is 0 Å². The Kier molecular flexibility index (Phi) is 4.62. The van der Waals surface area contributed by atoms with Crippen LogP contribution in [0.2, 0.25) is 0 Å². The molecule has 0 radical (unpaired) electrons. The van der Waals surface area contributed by atoms with Gasteiger partial charge in [0.05, 0.1) is 17.5 Å². The molecule has 2 aliphatic heterocycles. The Morgan fingerprint density at radius 1 is 1.03 bits per heavy atom. The van der Waals surface area contributed by atoms with E-state index >= 15 is 0 Å². The number of rotatable bonds is 2. The van der Waals surface area contributed by atoms with Gasteiger partial charge in [-0.05, 0) is 31.0 Å². The predicted molar refractivity (Wildman–Crippen MR) is 113 cm³/mol. The summed E-state index contributed by atoms with van der Waals surface area (Å²) in [6.45, 7) is 1.20. The lowest BCUT2D eigenvalue weighted by Gasteiger charge is -2.37. The molecule has 30 heavy (non-hydrogen) atoms. The number of likely N-dealkylation sites (tertiary alicyclic amines) is 1. The third-order valence-electron chi connectivity index (χ3n) is 6.09. The van der Waals surface area contributed by atoms with Crippen molar-refractivity contribution in [2.45, 2.75) is 31.3 Å². The summed E-state index contributed by atoms with van der Waals surface area (Å²) >= 11 is 0. The summed E-state index contributed by atoms with van der Waals surface area (Å²) in [5.74, 6) is 1.46. The Bertz CT molecular complexity index is 1090. The number of amides is 1. The fourth-order valence-electron chi connectivity index (χ4n) is 4.55. The molecule has 1 N–H and O–H groups in total. The average Bonchev–Trinajstić information content (AvgIpc) is 3.23. The zero-order valence-electron chi connectivity index (χ0n) is 16.6. The number of nitrogens with zero attached hydrogens (tertiary/aromatic N) is 2. The third-order valence-corrected chi connectivity index (χ3v) is 6.09. The predicted octanol–water partition coefficient (Wildman–Crippen LogP) is 4.11. The fourth-order valence-corrected chi connectivity index (χ4v) is 4.55. The van der Waals surface area contributed by atoms with Crippen LogP contribution in [0.4, 0.5) is 0 Å². The Morgan fingerprint density at radius 2 is 1.83 bits per heavy atom. The first-order valence-corrected chi connectivity index (χ1v) is 10.3. The maximum atomic E-state index is 13.4. The number of hydrogen-bond donors (Lipinski definition) is 1. The second kappa shape index (κ2) is 7.44. The normalized spacial score (nSPS) is 21.1. The van der Waals surface area contributed by atoms with E-state index in [4.69, 9.17) is 4.74 Å². The van der Waals surface area contributed by atoms with Crippen LogP contribution in [-0.4, -0.2) is 45.2 Å². The number of Topliss-reactive ketones (excluding diaryl/α,β-unsaturated/α-hetero) is 1. The van der Waals surface area contributed by atoms with Gasteiger partial charge >= 0.3 is 0 Å². The lowest BCUT2D eigenvalue weighted by Crippen LogP contribution is -2.43. The van der Waals surface area contributed by atoms with Gasteiger partial charge in [0, 0.05) is 37.5 Å². The Morgan fingerprint density at radius 3 is 2.67 bits per heavy atom. The number of aromatic nitrogens is 2. The molecule has 6 nitrogen and oxygen atoms in total. The molecular weight excluding hydrogens is 378 g/mol. The molecule has 0 aliphatic carbocycles.